The molecule has 2 aromatic rings. The number of furan rings is 1. The Morgan fingerprint density at radius 1 is 1.21 bits per heavy atom. The van der Waals surface area contributed by atoms with Crippen molar-refractivity contribution in [1.29, 1.82) is 0 Å². The van der Waals surface area contributed by atoms with Gasteiger partial charge in [0.25, 0.3) is 5.91 Å². The number of hydrogen-bond acceptors (Lipinski definition) is 7. The minimum atomic E-state index is -0.787. The zero-order valence-electron chi connectivity index (χ0n) is 18.1. The van der Waals surface area contributed by atoms with Crippen LogP contribution in [0.4, 0.5) is 0 Å². The molecule has 2 amide bonds. The molecule has 4 heterocycles. The number of aliphatic hydroxyl groups is 1. The predicted octanol–water partition coefficient (Wildman–Crippen LogP) is 1.99. The zero-order chi connectivity index (χ0) is 22.9. The van der Waals surface area contributed by atoms with E-state index in [1.54, 1.807) is 35.4 Å². The van der Waals surface area contributed by atoms with Gasteiger partial charge in [-0.05, 0) is 43.0 Å². The maximum atomic E-state index is 13.7. The van der Waals surface area contributed by atoms with Crippen LogP contribution in [-0.4, -0.2) is 74.8 Å². The number of amides is 2. The largest absolute Gasteiger partial charge is 0.449 e. The normalized spacial score (nSPS) is 28.5. The molecule has 0 bridgehead atoms. The number of aliphatic hydroxyl groups excluding tert-OH is 1. The van der Waals surface area contributed by atoms with E-state index in [0.717, 1.165) is 32.1 Å². The summed E-state index contributed by atoms with van der Waals surface area (Å²) in [5.41, 5.74) is 0.517. The molecular formula is C23H27ClN4O5. The molecule has 3 aliphatic rings. The fourth-order valence-corrected chi connectivity index (χ4v) is 5.62. The van der Waals surface area contributed by atoms with Crippen molar-refractivity contribution in [3.05, 3.63) is 36.2 Å². The van der Waals surface area contributed by atoms with Gasteiger partial charge in [-0.3, -0.25) is 9.59 Å². The Morgan fingerprint density at radius 2 is 2.03 bits per heavy atom. The van der Waals surface area contributed by atoms with Crippen molar-refractivity contribution < 1.29 is 23.8 Å². The quantitative estimate of drug-likeness (QED) is 0.636. The van der Waals surface area contributed by atoms with Crippen LogP contribution in [0, 0.1) is 5.92 Å². The molecule has 5 atom stereocenters. The van der Waals surface area contributed by atoms with Crippen molar-refractivity contribution in [2.75, 3.05) is 13.2 Å². The predicted molar refractivity (Wildman–Crippen MR) is 118 cm³/mol. The topological polar surface area (TPSA) is 118 Å². The number of fused-ring (bicyclic) bond motifs is 1. The summed E-state index contributed by atoms with van der Waals surface area (Å²) in [4.78, 5) is 28.4. The van der Waals surface area contributed by atoms with Crippen LogP contribution in [0.3, 0.4) is 0 Å². The molecule has 0 spiro atoms. The van der Waals surface area contributed by atoms with Crippen LogP contribution in [0.5, 0.6) is 0 Å². The van der Waals surface area contributed by atoms with Gasteiger partial charge in [-0.25, -0.2) is 0 Å². The Kier molecular flexibility index (Phi) is 6.36. The first-order valence-electron chi connectivity index (χ1n) is 11.5. The standard InChI is InChI=1S/C23H27ClN4O5/c24-14-11-28(20-16(29)12-32-21(14)20)23(31)19(13-5-2-1-3-6-13)26-22(30)18-9-8-17(33-18)15-7-4-10-25-27-15/h4,7-10,13-14,16,19-21,29H,1-3,5-6,11-12H2,(H,26,30)/t14-,16-,19-,20+,21+/m0/s1. The molecule has 2 aliphatic heterocycles. The summed E-state index contributed by atoms with van der Waals surface area (Å²) in [6, 6.07) is 5.48. The van der Waals surface area contributed by atoms with Gasteiger partial charge in [-0.1, -0.05) is 19.3 Å². The lowest BCUT2D eigenvalue weighted by Gasteiger charge is -2.35. The van der Waals surface area contributed by atoms with Gasteiger partial charge in [0.2, 0.25) is 5.91 Å². The Balaban J connectivity index is 1.36. The fourth-order valence-electron chi connectivity index (χ4n) is 5.25. The van der Waals surface area contributed by atoms with E-state index in [1.165, 1.54) is 0 Å². The number of nitrogens with zero attached hydrogens (tertiary/aromatic N) is 3. The van der Waals surface area contributed by atoms with Crippen molar-refractivity contribution >= 4 is 23.4 Å². The number of aromatic nitrogens is 2. The van der Waals surface area contributed by atoms with E-state index in [1.807, 2.05) is 0 Å². The number of halogens is 1. The molecule has 1 aliphatic carbocycles. The number of rotatable bonds is 5. The number of carbonyl (C=O) groups excluding carboxylic acids is 2. The highest BCUT2D eigenvalue weighted by molar-refractivity contribution is 6.21. The number of likely N-dealkylation sites (tertiary alicyclic amines) is 1. The molecule has 0 radical (unpaired) electrons. The Morgan fingerprint density at radius 3 is 2.79 bits per heavy atom. The summed E-state index contributed by atoms with van der Waals surface area (Å²) in [6.45, 7) is 0.434. The van der Waals surface area contributed by atoms with Gasteiger partial charge in [-0.2, -0.15) is 5.10 Å². The van der Waals surface area contributed by atoms with Crippen molar-refractivity contribution in [2.45, 2.75) is 61.8 Å². The van der Waals surface area contributed by atoms with Gasteiger partial charge < -0.3 is 24.5 Å². The van der Waals surface area contributed by atoms with Crippen LogP contribution >= 0.6 is 11.6 Å². The molecule has 33 heavy (non-hydrogen) atoms. The van der Waals surface area contributed by atoms with Crippen molar-refractivity contribution in [1.82, 2.24) is 20.4 Å². The summed E-state index contributed by atoms with van der Waals surface area (Å²) >= 11 is 6.43. The smallest absolute Gasteiger partial charge is 0.287 e. The van der Waals surface area contributed by atoms with Gasteiger partial charge >= 0.3 is 0 Å². The third kappa shape index (κ3) is 4.37. The molecule has 2 aromatic heterocycles. The van der Waals surface area contributed by atoms with Crippen LogP contribution in [-0.2, 0) is 9.53 Å². The Bertz CT molecular complexity index is 996. The number of nitrogens with one attached hydrogen (secondary N) is 1. The van der Waals surface area contributed by atoms with Gasteiger partial charge in [0, 0.05) is 12.7 Å². The van der Waals surface area contributed by atoms with Crippen LogP contribution in [0.15, 0.2) is 34.9 Å². The molecule has 2 N–H and O–H groups in total. The van der Waals surface area contributed by atoms with Crippen LogP contribution in [0.1, 0.15) is 42.7 Å². The Labute approximate surface area is 196 Å². The van der Waals surface area contributed by atoms with Crippen molar-refractivity contribution in [3.8, 4) is 11.5 Å². The van der Waals surface area contributed by atoms with E-state index >= 15 is 0 Å². The molecular weight excluding hydrogens is 448 g/mol. The number of alkyl halides is 1. The minimum Gasteiger partial charge on any atom is -0.449 e. The maximum absolute atomic E-state index is 13.7. The van der Waals surface area contributed by atoms with E-state index in [2.05, 4.69) is 15.5 Å². The third-order valence-corrected chi connectivity index (χ3v) is 7.28. The van der Waals surface area contributed by atoms with Gasteiger partial charge in [-0.15, -0.1) is 16.7 Å². The van der Waals surface area contributed by atoms with Crippen LogP contribution in [0.25, 0.3) is 11.5 Å². The molecule has 0 unspecified atom stereocenters. The first-order valence-corrected chi connectivity index (χ1v) is 11.9. The van der Waals surface area contributed by atoms with Crippen LogP contribution in [0.2, 0.25) is 0 Å². The second kappa shape index (κ2) is 9.40. The fraction of sp³-hybridized carbons (Fsp3) is 0.565. The highest BCUT2D eigenvalue weighted by Crippen LogP contribution is 2.35. The minimum absolute atomic E-state index is 0.0110. The lowest BCUT2D eigenvalue weighted by atomic mass is 9.83. The van der Waals surface area contributed by atoms with Crippen LogP contribution < -0.4 is 5.32 Å². The highest BCUT2D eigenvalue weighted by Gasteiger charge is 2.53. The zero-order valence-corrected chi connectivity index (χ0v) is 18.9. The van der Waals surface area contributed by atoms with Gasteiger partial charge in [0.1, 0.15) is 17.8 Å². The van der Waals surface area contributed by atoms with Gasteiger partial charge in [0.15, 0.2) is 11.5 Å². The van der Waals surface area contributed by atoms with E-state index in [9.17, 15) is 14.7 Å². The summed E-state index contributed by atoms with van der Waals surface area (Å²) < 4.78 is 11.3. The summed E-state index contributed by atoms with van der Waals surface area (Å²) in [5.74, 6) is -0.151. The summed E-state index contributed by atoms with van der Waals surface area (Å²) in [5, 5.41) is 20.8. The molecule has 1 saturated carbocycles. The second-order valence-electron chi connectivity index (χ2n) is 8.98. The first-order chi connectivity index (χ1) is 16.0. The van der Waals surface area contributed by atoms with E-state index in [0.29, 0.717) is 11.5 Å². The lowest BCUT2D eigenvalue weighted by molar-refractivity contribution is -0.137. The van der Waals surface area contributed by atoms with E-state index < -0.39 is 35.6 Å². The molecule has 2 saturated heterocycles. The SMILES string of the molecule is O=C(N[C@H](C(=O)N1C[C@H](Cl)[C@H]2OC[C@H](O)[C@H]21)C1CCCCC1)c1ccc(-c2cccnn2)o1. The molecule has 9 nitrogen and oxygen atoms in total. The van der Waals surface area contributed by atoms with Crippen molar-refractivity contribution in [3.63, 3.8) is 0 Å². The van der Waals surface area contributed by atoms with Crippen molar-refractivity contribution in [2.24, 2.45) is 5.92 Å². The summed E-state index contributed by atoms with van der Waals surface area (Å²) in [6.07, 6.45) is 5.22. The molecule has 5 rings (SSSR count). The average Bonchev–Trinajstić information content (AvgIpc) is 3.56. The maximum Gasteiger partial charge on any atom is 0.287 e. The number of ether oxygens (including phenoxy) is 1. The average molecular weight is 475 g/mol. The monoisotopic (exact) mass is 474 g/mol. The Hall–Kier alpha value is -2.49. The van der Waals surface area contributed by atoms with E-state index in [-0.39, 0.29) is 30.7 Å². The highest BCUT2D eigenvalue weighted by atomic mass is 35.5. The third-order valence-electron chi connectivity index (χ3n) is 6.89. The molecule has 176 valence electrons. The first kappa shape index (κ1) is 22.3. The molecule has 10 heteroatoms. The second-order valence-corrected chi connectivity index (χ2v) is 9.55. The summed E-state index contributed by atoms with van der Waals surface area (Å²) in [7, 11) is 0. The van der Waals surface area contributed by atoms with E-state index in [4.69, 9.17) is 20.8 Å². The number of hydrogen-bond donors (Lipinski definition) is 2. The molecule has 3 fully saturated rings. The number of carbonyl (C=O) groups is 2. The van der Waals surface area contributed by atoms with Gasteiger partial charge in [0.05, 0.1) is 24.1 Å². The molecule has 0 aromatic carbocycles. The lowest BCUT2D eigenvalue weighted by Crippen LogP contribution is -2.56.